The molecule has 0 bridgehead atoms. The zero-order valence-corrected chi connectivity index (χ0v) is 25.2. The Morgan fingerprint density at radius 1 is 0.977 bits per heavy atom. The number of rotatable bonds is 6. The van der Waals surface area contributed by atoms with E-state index in [9.17, 15) is 14.7 Å². The van der Waals surface area contributed by atoms with Gasteiger partial charge in [0, 0.05) is 35.8 Å². The molecule has 0 atom stereocenters. The van der Waals surface area contributed by atoms with Crippen molar-refractivity contribution in [2.45, 2.75) is 52.4 Å². The van der Waals surface area contributed by atoms with Crippen molar-refractivity contribution in [2.75, 3.05) is 29.5 Å². The summed E-state index contributed by atoms with van der Waals surface area (Å²) in [6.07, 6.45) is 2.63. The smallest absolute Gasteiger partial charge is 0.324 e. The molecule has 3 amide bonds. The van der Waals surface area contributed by atoms with Gasteiger partial charge in [-0.2, -0.15) is 5.10 Å². The molecule has 1 aliphatic heterocycles. The summed E-state index contributed by atoms with van der Waals surface area (Å²) >= 11 is 0. The number of phenols is 1. The van der Waals surface area contributed by atoms with Crippen molar-refractivity contribution in [2.24, 2.45) is 5.92 Å². The number of anilines is 3. The average molecular weight is 581 g/mol. The molecule has 5 rings (SSSR count). The number of hydrogen-bond donors (Lipinski definition) is 4. The molecule has 43 heavy (non-hydrogen) atoms. The van der Waals surface area contributed by atoms with E-state index in [1.165, 1.54) is 12.1 Å². The van der Waals surface area contributed by atoms with Crippen LogP contribution in [0.5, 0.6) is 5.75 Å². The van der Waals surface area contributed by atoms with Crippen molar-refractivity contribution < 1.29 is 14.7 Å². The Labute approximate surface area is 252 Å². The lowest BCUT2D eigenvalue weighted by molar-refractivity contribution is 0.0690. The normalized spacial score (nSPS) is 14.0. The van der Waals surface area contributed by atoms with Crippen LogP contribution < -0.4 is 16.4 Å². The second kappa shape index (κ2) is 12.2. The van der Waals surface area contributed by atoms with Crippen molar-refractivity contribution >= 4 is 29.1 Å². The van der Waals surface area contributed by atoms with E-state index in [4.69, 9.17) is 10.8 Å². The fourth-order valence-corrected chi connectivity index (χ4v) is 5.32. The van der Waals surface area contributed by atoms with Gasteiger partial charge in [0.05, 0.1) is 17.1 Å². The summed E-state index contributed by atoms with van der Waals surface area (Å²) in [5.74, 6) is 0.935. The first-order valence-electron chi connectivity index (χ1n) is 14.7. The topological polar surface area (TPSA) is 126 Å². The molecule has 3 aromatic carbocycles. The maximum atomic E-state index is 13.1. The number of urea groups is 1. The third-order valence-electron chi connectivity index (χ3n) is 7.88. The molecule has 5 N–H and O–H groups in total. The van der Waals surface area contributed by atoms with Crippen LogP contribution in [0.25, 0.3) is 5.69 Å². The van der Waals surface area contributed by atoms with Gasteiger partial charge in [-0.15, -0.1) is 0 Å². The number of nitrogens with zero attached hydrogens (tertiary/aromatic N) is 3. The number of carbonyl (C=O) groups is 2. The molecular weight excluding hydrogens is 540 g/mol. The lowest BCUT2D eigenvalue weighted by Gasteiger charge is -2.32. The molecular formula is C34H40N6O3. The molecule has 0 saturated carbocycles. The summed E-state index contributed by atoms with van der Waals surface area (Å²) in [4.78, 5) is 27.9. The predicted octanol–water partition coefficient (Wildman–Crippen LogP) is 6.50. The Bertz CT molecular complexity index is 1610. The number of nitrogens with two attached hydrogens (primary N) is 1. The van der Waals surface area contributed by atoms with Crippen molar-refractivity contribution in [1.82, 2.24) is 14.7 Å². The largest absolute Gasteiger partial charge is 0.506 e. The number of nitrogen functional groups attached to an aromatic ring is 1. The summed E-state index contributed by atoms with van der Waals surface area (Å²) in [6, 6.07) is 22.1. The quantitative estimate of drug-likeness (QED) is 0.153. The van der Waals surface area contributed by atoms with Crippen LogP contribution in [0.1, 0.15) is 60.8 Å². The second-order valence-corrected chi connectivity index (χ2v) is 12.4. The van der Waals surface area contributed by atoms with E-state index >= 15 is 0 Å². The van der Waals surface area contributed by atoms with Crippen molar-refractivity contribution in [3.63, 3.8) is 0 Å². The number of aryl methyl sites for hydroxylation is 1. The van der Waals surface area contributed by atoms with Crippen LogP contribution in [0.2, 0.25) is 0 Å². The average Bonchev–Trinajstić information content (AvgIpc) is 3.39. The van der Waals surface area contributed by atoms with Gasteiger partial charge in [-0.25, -0.2) is 9.48 Å². The Morgan fingerprint density at radius 2 is 1.70 bits per heavy atom. The molecule has 0 aliphatic carbocycles. The highest BCUT2D eigenvalue weighted by atomic mass is 16.3. The van der Waals surface area contributed by atoms with E-state index < -0.39 is 0 Å². The molecule has 4 aromatic rings. The molecule has 0 spiro atoms. The third kappa shape index (κ3) is 7.17. The highest BCUT2D eigenvalue weighted by molar-refractivity contribution is 5.99. The van der Waals surface area contributed by atoms with E-state index in [0.29, 0.717) is 36.1 Å². The lowest BCUT2D eigenvalue weighted by atomic mass is 9.90. The van der Waals surface area contributed by atoms with Gasteiger partial charge in [-0.05, 0) is 80.1 Å². The number of benzene rings is 3. The van der Waals surface area contributed by atoms with Crippen LogP contribution in [0, 0.1) is 12.8 Å². The van der Waals surface area contributed by atoms with E-state index in [2.05, 4.69) is 37.5 Å². The number of aromatic hydroxyl groups is 1. The maximum absolute atomic E-state index is 13.1. The lowest BCUT2D eigenvalue weighted by Crippen LogP contribution is -2.38. The van der Waals surface area contributed by atoms with Crippen LogP contribution in [0.3, 0.4) is 0 Å². The van der Waals surface area contributed by atoms with Gasteiger partial charge >= 0.3 is 6.03 Å². The summed E-state index contributed by atoms with van der Waals surface area (Å²) in [7, 11) is 0. The Balaban J connectivity index is 1.20. The molecule has 9 heteroatoms. The standard InChI is InChI=1S/C34H40N6O3/c1-22-8-11-27(12-9-22)40-31(21-30(38-40)34(2,3)4)37-33(43)36-26-7-5-6-24(19-26)18-23-14-16-39(17-15-23)32(42)25-10-13-29(41)28(35)20-25/h5-13,19-21,23,41H,14-18,35H2,1-4H3,(H2,36,37,43). The predicted molar refractivity (Wildman–Crippen MR) is 171 cm³/mol. The number of aromatic nitrogens is 2. The molecule has 1 saturated heterocycles. The number of piperidine rings is 1. The fourth-order valence-electron chi connectivity index (χ4n) is 5.32. The van der Waals surface area contributed by atoms with E-state index in [-0.39, 0.29) is 28.8 Å². The minimum atomic E-state index is -0.340. The zero-order valence-electron chi connectivity index (χ0n) is 25.2. The maximum Gasteiger partial charge on any atom is 0.324 e. The van der Waals surface area contributed by atoms with E-state index in [1.807, 2.05) is 60.4 Å². The first-order chi connectivity index (χ1) is 20.5. The Kier molecular flexibility index (Phi) is 8.43. The van der Waals surface area contributed by atoms with Crippen molar-refractivity contribution in [3.8, 4) is 11.4 Å². The first kappa shape index (κ1) is 29.7. The van der Waals surface area contributed by atoms with Crippen LogP contribution in [-0.4, -0.2) is 44.8 Å². The van der Waals surface area contributed by atoms with Crippen LogP contribution in [0.4, 0.5) is 22.0 Å². The minimum Gasteiger partial charge on any atom is -0.506 e. The molecule has 9 nitrogen and oxygen atoms in total. The van der Waals surface area contributed by atoms with E-state index in [1.54, 1.807) is 10.7 Å². The summed E-state index contributed by atoms with van der Waals surface area (Å²) in [6.45, 7) is 9.65. The monoisotopic (exact) mass is 580 g/mol. The molecule has 0 unspecified atom stereocenters. The van der Waals surface area contributed by atoms with Crippen LogP contribution in [0.15, 0.2) is 72.8 Å². The number of nitrogens with one attached hydrogen (secondary N) is 2. The zero-order chi connectivity index (χ0) is 30.7. The van der Waals surface area contributed by atoms with Crippen LogP contribution in [-0.2, 0) is 11.8 Å². The summed E-state index contributed by atoms with van der Waals surface area (Å²) in [5.41, 5.74) is 11.0. The summed E-state index contributed by atoms with van der Waals surface area (Å²) < 4.78 is 1.77. The molecule has 0 radical (unpaired) electrons. The van der Waals surface area contributed by atoms with Crippen LogP contribution >= 0.6 is 0 Å². The van der Waals surface area contributed by atoms with Gasteiger partial charge in [-0.1, -0.05) is 50.6 Å². The number of likely N-dealkylation sites (tertiary alicyclic amines) is 1. The van der Waals surface area contributed by atoms with Gasteiger partial charge in [0.1, 0.15) is 11.6 Å². The van der Waals surface area contributed by atoms with Crippen molar-refractivity contribution in [1.29, 1.82) is 0 Å². The first-order valence-corrected chi connectivity index (χ1v) is 14.7. The Morgan fingerprint density at radius 3 is 2.37 bits per heavy atom. The fraction of sp³-hybridized carbons (Fsp3) is 0.324. The van der Waals surface area contributed by atoms with Gasteiger partial charge in [0.15, 0.2) is 0 Å². The van der Waals surface area contributed by atoms with Gasteiger partial charge in [0.2, 0.25) is 0 Å². The molecule has 1 fully saturated rings. The minimum absolute atomic E-state index is 0.0204. The number of phenolic OH excluding ortho intramolecular Hbond substituents is 1. The molecule has 224 valence electrons. The third-order valence-corrected chi connectivity index (χ3v) is 7.88. The molecule has 1 aromatic heterocycles. The SMILES string of the molecule is Cc1ccc(-n2nc(C(C)(C)C)cc2NC(=O)Nc2cccc(CC3CCN(C(=O)c4ccc(O)c(N)c4)CC3)c2)cc1. The second-order valence-electron chi connectivity index (χ2n) is 12.4. The van der Waals surface area contributed by atoms with E-state index in [0.717, 1.165) is 41.8 Å². The van der Waals surface area contributed by atoms with Gasteiger partial charge in [0.25, 0.3) is 5.91 Å². The van der Waals surface area contributed by atoms with Gasteiger partial charge < -0.3 is 21.1 Å². The highest BCUT2D eigenvalue weighted by Crippen LogP contribution is 2.28. The molecule has 1 aliphatic rings. The molecule has 2 heterocycles. The Hall–Kier alpha value is -4.79. The number of hydrogen-bond acceptors (Lipinski definition) is 5. The highest BCUT2D eigenvalue weighted by Gasteiger charge is 2.25. The number of carbonyl (C=O) groups excluding carboxylic acids is 2. The van der Waals surface area contributed by atoms with Crippen molar-refractivity contribution in [3.05, 3.63) is 95.2 Å². The summed E-state index contributed by atoms with van der Waals surface area (Å²) in [5, 5.41) is 20.4. The van der Waals surface area contributed by atoms with Gasteiger partial charge in [-0.3, -0.25) is 10.1 Å². The number of amides is 3.